The minimum Gasteiger partial charge on any atom is -0.465 e. The number of nitrogens with one attached hydrogen (secondary N) is 1. The maximum atomic E-state index is 12.3. The minimum atomic E-state index is -0.415. The Labute approximate surface area is 118 Å². The predicted octanol–water partition coefficient (Wildman–Crippen LogP) is 1.79. The van der Waals surface area contributed by atoms with E-state index in [1.165, 1.54) is 7.11 Å². The Kier molecular flexibility index (Phi) is 4.74. The fraction of sp³-hybridized carbons (Fsp3) is 0.467. The Morgan fingerprint density at radius 1 is 1.40 bits per heavy atom. The van der Waals surface area contributed by atoms with Crippen LogP contribution in [0.5, 0.6) is 0 Å². The summed E-state index contributed by atoms with van der Waals surface area (Å²) in [6, 6.07) is 6.75. The van der Waals surface area contributed by atoms with Crippen molar-refractivity contribution in [1.29, 1.82) is 0 Å². The first-order valence-corrected chi connectivity index (χ1v) is 6.85. The lowest BCUT2D eigenvalue weighted by atomic mass is 9.95. The van der Waals surface area contributed by atoms with Crippen molar-refractivity contribution in [2.24, 2.45) is 17.6 Å². The number of amides is 1. The van der Waals surface area contributed by atoms with E-state index in [9.17, 15) is 9.59 Å². The molecule has 108 valence electrons. The second kappa shape index (κ2) is 6.52. The van der Waals surface area contributed by atoms with E-state index in [1.807, 2.05) is 0 Å². The number of nitrogens with two attached hydrogens (primary N) is 1. The van der Waals surface area contributed by atoms with E-state index in [4.69, 9.17) is 5.73 Å². The van der Waals surface area contributed by atoms with Crippen LogP contribution in [0.1, 0.15) is 29.6 Å². The van der Waals surface area contributed by atoms with Gasteiger partial charge in [0, 0.05) is 11.6 Å². The number of ether oxygens (including phenoxy) is 1. The van der Waals surface area contributed by atoms with Crippen LogP contribution in [0.25, 0.3) is 0 Å². The van der Waals surface area contributed by atoms with E-state index in [-0.39, 0.29) is 17.7 Å². The average Bonchev–Trinajstić information content (AvgIpc) is 2.95. The van der Waals surface area contributed by atoms with Crippen molar-refractivity contribution in [3.63, 3.8) is 0 Å². The number of benzene rings is 1. The van der Waals surface area contributed by atoms with Gasteiger partial charge in [-0.2, -0.15) is 0 Å². The summed E-state index contributed by atoms with van der Waals surface area (Å²) in [6.45, 7) is 0.542. The Bertz CT molecular complexity index is 502. The molecule has 5 heteroatoms. The maximum Gasteiger partial charge on any atom is 0.337 e. The van der Waals surface area contributed by atoms with Crippen molar-refractivity contribution in [2.75, 3.05) is 19.0 Å². The monoisotopic (exact) mass is 276 g/mol. The average molecular weight is 276 g/mol. The molecule has 0 radical (unpaired) electrons. The van der Waals surface area contributed by atoms with E-state index in [2.05, 4.69) is 10.1 Å². The summed E-state index contributed by atoms with van der Waals surface area (Å²) < 4.78 is 4.66. The molecule has 1 aromatic carbocycles. The Morgan fingerprint density at radius 3 is 2.90 bits per heavy atom. The Balaban J connectivity index is 2.06. The molecule has 0 unspecified atom stereocenters. The third kappa shape index (κ3) is 3.17. The zero-order valence-corrected chi connectivity index (χ0v) is 11.6. The quantitative estimate of drug-likeness (QED) is 0.821. The van der Waals surface area contributed by atoms with Gasteiger partial charge >= 0.3 is 5.97 Å². The van der Waals surface area contributed by atoms with Crippen molar-refractivity contribution in [3.05, 3.63) is 29.8 Å². The molecule has 5 nitrogen and oxygen atoms in total. The molecule has 2 atom stereocenters. The number of anilines is 1. The van der Waals surface area contributed by atoms with Crippen LogP contribution in [0.4, 0.5) is 5.69 Å². The first-order chi connectivity index (χ1) is 9.65. The molecule has 1 aliphatic carbocycles. The summed E-state index contributed by atoms with van der Waals surface area (Å²) in [5, 5.41) is 2.87. The van der Waals surface area contributed by atoms with Gasteiger partial charge in [-0.1, -0.05) is 12.5 Å². The standard InChI is InChI=1S/C15H20N2O3/c1-20-15(19)10-4-2-6-12(8-10)17-14(18)13-7-3-5-11(13)9-16/h2,4,6,8,11,13H,3,5,7,9,16H2,1H3,(H,17,18)/t11-,13-/m1/s1. The largest absolute Gasteiger partial charge is 0.465 e. The molecule has 2 rings (SSSR count). The molecule has 0 heterocycles. The number of carbonyl (C=O) groups excluding carboxylic acids is 2. The SMILES string of the molecule is COC(=O)c1cccc(NC(=O)[C@@H]2CCC[C@@H]2CN)c1. The second-order valence-corrected chi connectivity index (χ2v) is 5.09. The van der Waals surface area contributed by atoms with Gasteiger partial charge in [-0.15, -0.1) is 0 Å². The molecule has 20 heavy (non-hydrogen) atoms. The topological polar surface area (TPSA) is 81.4 Å². The van der Waals surface area contributed by atoms with Gasteiger partial charge in [0.15, 0.2) is 0 Å². The van der Waals surface area contributed by atoms with Crippen molar-refractivity contribution in [1.82, 2.24) is 0 Å². The van der Waals surface area contributed by atoms with Gasteiger partial charge in [0.1, 0.15) is 0 Å². The Hall–Kier alpha value is -1.88. The Morgan fingerprint density at radius 2 is 2.20 bits per heavy atom. The molecule has 1 fully saturated rings. The molecule has 0 spiro atoms. The molecule has 1 aromatic rings. The molecule has 1 aliphatic rings. The van der Waals surface area contributed by atoms with Crippen LogP contribution in [-0.4, -0.2) is 25.5 Å². The van der Waals surface area contributed by atoms with Crippen molar-refractivity contribution >= 4 is 17.6 Å². The third-order valence-corrected chi connectivity index (χ3v) is 3.85. The van der Waals surface area contributed by atoms with E-state index in [0.29, 0.717) is 17.8 Å². The van der Waals surface area contributed by atoms with Crippen LogP contribution in [-0.2, 0) is 9.53 Å². The molecule has 1 saturated carbocycles. The summed E-state index contributed by atoms with van der Waals surface area (Å²) in [4.78, 5) is 23.7. The third-order valence-electron chi connectivity index (χ3n) is 3.85. The van der Waals surface area contributed by atoms with Gasteiger partial charge in [-0.05, 0) is 43.5 Å². The number of carbonyl (C=O) groups is 2. The fourth-order valence-electron chi connectivity index (χ4n) is 2.74. The molecule has 0 bridgehead atoms. The second-order valence-electron chi connectivity index (χ2n) is 5.09. The lowest BCUT2D eigenvalue weighted by Gasteiger charge is -2.17. The molecule has 1 amide bonds. The van der Waals surface area contributed by atoms with Gasteiger partial charge < -0.3 is 15.8 Å². The molecule has 0 aliphatic heterocycles. The van der Waals surface area contributed by atoms with Gasteiger partial charge in [0.25, 0.3) is 0 Å². The first kappa shape index (κ1) is 14.5. The van der Waals surface area contributed by atoms with E-state index < -0.39 is 5.97 Å². The highest BCUT2D eigenvalue weighted by Gasteiger charge is 2.31. The molecule has 0 saturated heterocycles. The van der Waals surface area contributed by atoms with Crippen molar-refractivity contribution < 1.29 is 14.3 Å². The van der Waals surface area contributed by atoms with Crippen LogP contribution in [0.15, 0.2) is 24.3 Å². The fourth-order valence-corrected chi connectivity index (χ4v) is 2.74. The summed E-state index contributed by atoms with van der Waals surface area (Å²) >= 11 is 0. The van der Waals surface area contributed by atoms with Crippen LogP contribution < -0.4 is 11.1 Å². The smallest absolute Gasteiger partial charge is 0.337 e. The molecule has 0 aromatic heterocycles. The van der Waals surface area contributed by atoms with E-state index in [1.54, 1.807) is 24.3 Å². The number of hydrogen-bond donors (Lipinski definition) is 2. The highest BCUT2D eigenvalue weighted by molar-refractivity contribution is 5.95. The number of hydrogen-bond acceptors (Lipinski definition) is 4. The van der Waals surface area contributed by atoms with E-state index >= 15 is 0 Å². The normalized spacial score (nSPS) is 21.5. The van der Waals surface area contributed by atoms with Gasteiger partial charge in [-0.25, -0.2) is 4.79 Å². The van der Waals surface area contributed by atoms with Crippen LogP contribution in [0.2, 0.25) is 0 Å². The summed E-state index contributed by atoms with van der Waals surface area (Å²) in [7, 11) is 1.33. The lowest BCUT2D eigenvalue weighted by Crippen LogP contribution is -2.29. The zero-order valence-electron chi connectivity index (χ0n) is 11.6. The predicted molar refractivity (Wildman–Crippen MR) is 76.3 cm³/mol. The molecular weight excluding hydrogens is 256 g/mol. The maximum absolute atomic E-state index is 12.3. The summed E-state index contributed by atoms with van der Waals surface area (Å²) in [5.41, 5.74) is 6.73. The lowest BCUT2D eigenvalue weighted by molar-refractivity contribution is -0.120. The van der Waals surface area contributed by atoms with Gasteiger partial charge in [0.2, 0.25) is 5.91 Å². The molecular formula is C15H20N2O3. The van der Waals surface area contributed by atoms with E-state index in [0.717, 1.165) is 19.3 Å². The summed E-state index contributed by atoms with van der Waals surface area (Å²) in [6.07, 6.45) is 2.93. The highest BCUT2D eigenvalue weighted by atomic mass is 16.5. The van der Waals surface area contributed by atoms with Crippen LogP contribution in [0.3, 0.4) is 0 Å². The van der Waals surface area contributed by atoms with Crippen LogP contribution >= 0.6 is 0 Å². The number of rotatable bonds is 4. The summed E-state index contributed by atoms with van der Waals surface area (Å²) in [5.74, 6) is -0.192. The highest BCUT2D eigenvalue weighted by Crippen LogP contribution is 2.31. The molecule has 3 N–H and O–H groups in total. The first-order valence-electron chi connectivity index (χ1n) is 6.85. The van der Waals surface area contributed by atoms with Crippen LogP contribution in [0, 0.1) is 11.8 Å². The van der Waals surface area contributed by atoms with Crippen molar-refractivity contribution in [3.8, 4) is 0 Å². The van der Waals surface area contributed by atoms with Gasteiger partial charge in [0.05, 0.1) is 12.7 Å². The van der Waals surface area contributed by atoms with Gasteiger partial charge in [-0.3, -0.25) is 4.79 Å². The van der Waals surface area contributed by atoms with Crippen molar-refractivity contribution in [2.45, 2.75) is 19.3 Å². The zero-order chi connectivity index (χ0) is 14.5. The number of methoxy groups -OCH3 is 1. The minimum absolute atomic E-state index is 0.0139. The number of esters is 1.